The Morgan fingerprint density at radius 2 is 1.90 bits per heavy atom. The fourth-order valence-corrected chi connectivity index (χ4v) is 4.03. The molecular weight excluding hydrogens is 420 g/mol. The van der Waals surface area contributed by atoms with Gasteiger partial charge in [0.25, 0.3) is 15.9 Å². The van der Waals surface area contributed by atoms with Gasteiger partial charge in [0.05, 0.1) is 18.2 Å². The number of phenols is 1. The van der Waals surface area contributed by atoms with E-state index in [9.17, 15) is 18.3 Å². The zero-order valence-electron chi connectivity index (χ0n) is 16.5. The summed E-state index contributed by atoms with van der Waals surface area (Å²) in [5.74, 6) is -0.327. The van der Waals surface area contributed by atoms with Crippen LogP contribution in [-0.2, 0) is 14.8 Å². The highest BCUT2D eigenvalue weighted by atomic mass is 32.2. The summed E-state index contributed by atoms with van der Waals surface area (Å²) in [4.78, 5) is 16.6. The minimum atomic E-state index is -4.03. The lowest BCUT2D eigenvalue weighted by atomic mass is 10.2. The van der Waals surface area contributed by atoms with Crippen molar-refractivity contribution in [2.75, 3.05) is 18.0 Å². The Hall–Kier alpha value is -3.92. The Labute approximate surface area is 179 Å². The van der Waals surface area contributed by atoms with E-state index in [4.69, 9.17) is 4.74 Å². The van der Waals surface area contributed by atoms with Gasteiger partial charge >= 0.3 is 0 Å². The number of hydrogen-bond acceptors (Lipinski definition) is 7. The van der Waals surface area contributed by atoms with Crippen molar-refractivity contribution in [3.63, 3.8) is 0 Å². The lowest BCUT2D eigenvalue weighted by molar-refractivity contribution is -0.119. The van der Waals surface area contributed by atoms with E-state index >= 15 is 0 Å². The summed E-state index contributed by atoms with van der Waals surface area (Å²) in [6.07, 6.45) is 2.79. The molecule has 0 unspecified atom stereocenters. The van der Waals surface area contributed by atoms with E-state index in [0.717, 1.165) is 4.31 Å². The second kappa shape index (κ2) is 9.72. The molecule has 0 aliphatic carbocycles. The predicted octanol–water partition coefficient (Wildman–Crippen LogP) is 2.14. The second-order valence-corrected chi connectivity index (χ2v) is 8.10. The fourth-order valence-electron chi connectivity index (χ4n) is 2.63. The molecule has 0 aliphatic rings. The standard InChI is InChI=1S/C21H20N4O5S/c1-30-19-13-16(10-11-18(19)26)14-23-24-21(27)15-25(20-9-5-6-12-22-20)31(28,29)17-7-3-2-4-8-17/h2-14,26H,15H2,1H3,(H,24,27). The summed E-state index contributed by atoms with van der Waals surface area (Å²) in [6, 6.07) is 17.1. The smallest absolute Gasteiger partial charge is 0.265 e. The number of nitrogens with one attached hydrogen (secondary N) is 1. The van der Waals surface area contributed by atoms with Crippen LogP contribution in [0.25, 0.3) is 0 Å². The first-order valence-electron chi connectivity index (χ1n) is 9.09. The summed E-state index contributed by atoms with van der Waals surface area (Å²) < 4.78 is 32.1. The molecule has 1 amide bonds. The van der Waals surface area contributed by atoms with Gasteiger partial charge in [-0.3, -0.25) is 4.79 Å². The third-order valence-corrected chi connectivity index (χ3v) is 5.89. The monoisotopic (exact) mass is 440 g/mol. The molecule has 2 N–H and O–H groups in total. The number of pyridine rings is 1. The summed E-state index contributed by atoms with van der Waals surface area (Å²) in [6.45, 7) is -0.523. The SMILES string of the molecule is COc1cc(C=NNC(=O)CN(c2ccccn2)S(=O)(=O)c2ccccc2)ccc1O. The average Bonchev–Trinajstić information content (AvgIpc) is 2.79. The molecule has 160 valence electrons. The third-order valence-electron chi connectivity index (χ3n) is 4.13. The highest BCUT2D eigenvalue weighted by Crippen LogP contribution is 2.25. The Kier molecular flexibility index (Phi) is 6.83. The molecular formula is C21H20N4O5S. The minimum Gasteiger partial charge on any atom is -0.504 e. The van der Waals surface area contributed by atoms with Crippen LogP contribution in [-0.4, -0.2) is 44.3 Å². The number of anilines is 1. The first kappa shape index (κ1) is 21.8. The van der Waals surface area contributed by atoms with Crippen molar-refractivity contribution in [1.29, 1.82) is 0 Å². The minimum absolute atomic E-state index is 0.0270. The Bertz CT molecular complexity index is 1170. The van der Waals surface area contributed by atoms with Gasteiger partial charge in [0.2, 0.25) is 0 Å². The van der Waals surface area contributed by atoms with Crippen molar-refractivity contribution in [2.45, 2.75) is 4.90 Å². The number of nitrogens with zero attached hydrogens (tertiary/aromatic N) is 3. The van der Waals surface area contributed by atoms with Crippen LogP contribution in [0.1, 0.15) is 5.56 Å². The van der Waals surface area contributed by atoms with Gasteiger partial charge < -0.3 is 9.84 Å². The largest absolute Gasteiger partial charge is 0.504 e. The number of phenolic OH excluding ortho intramolecular Hbond substituents is 1. The number of hydrazone groups is 1. The van der Waals surface area contributed by atoms with Crippen LogP contribution in [0.2, 0.25) is 0 Å². The number of aromatic nitrogens is 1. The third kappa shape index (κ3) is 5.37. The van der Waals surface area contributed by atoms with Gasteiger partial charge in [0, 0.05) is 6.20 Å². The molecule has 0 bridgehead atoms. The average molecular weight is 440 g/mol. The number of benzene rings is 2. The van der Waals surface area contributed by atoms with Crippen LogP contribution in [0.4, 0.5) is 5.82 Å². The molecule has 0 fully saturated rings. The number of carbonyl (C=O) groups excluding carboxylic acids is 1. The van der Waals surface area contributed by atoms with Gasteiger partial charge in [0.1, 0.15) is 12.4 Å². The zero-order valence-corrected chi connectivity index (χ0v) is 17.4. The summed E-state index contributed by atoms with van der Waals surface area (Å²) in [7, 11) is -2.61. The molecule has 31 heavy (non-hydrogen) atoms. The Morgan fingerprint density at radius 3 is 2.58 bits per heavy atom. The van der Waals surface area contributed by atoms with Crippen LogP contribution in [0.3, 0.4) is 0 Å². The summed E-state index contributed by atoms with van der Waals surface area (Å²) in [5.41, 5.74) is 2.86. The first-order valence-corrected chi connectivity index (χ1v) is 10.5. The lowest BCUT2D eigenvalue weighted by Crippen LogP contribution is -2.40. The highest BCUT2D eigenvalue weighted by Gasteiger charge is 2.27. The van der Waals surface area contributed by atoms with Crippen LogP contribution in [0, 0.1) is 0 Å². The molecule has 10 heteroatoms. The highest BCUT2D eigenvalue weighted by molar-refractivity contribution is 7.92. The van der Waals surface area contributed by atoms with Gasteiger partial charge in [-0.25, -0.2) is 23.1 Å². The van der Waals surface area contributed by atoms with Crippen molar-refractivity contribution in [3.8, 4) is 11.5 Å². The maximum absolute atomic E-state index is 13.1. The summed E-state index contributed by atoms with van der Waals surface area (Å²) in [5, 5.41) is 13.5. The van der Waals surface area contributed by atoms with E-state index in [-0.39, 0.29) is 22.2 Å². The molecule has 2 aromatic carbocycles. The van der Waals surface area contributed by atoms with Crippen molar-refractivity contribution in [1.82, 2.24) is 10.4 Å². The molecule has 0 saturated carbocycles. The van der Waals surface area contributed by atoms with Crippen molar-refractivity contribution >= 4 is 28.0 Å². The van der Waals surface area contributed by atoms with Gasteiger partial charge in [-0.15, -0.1) is 0 Å². The molecule has 0 radical (unpaired) electrons. The predicted molar refractivity (Wildman–Crippen MR) is 116 cm³/mol. The summed E-state index contributed by atoms with van der Waals surface area (Å²) >= 11 is 0. The number of ether oxygens (including phenoxy) is 1. The van der Waals surface area contributed by atoms with Crippen molar-refractivity contribution in [2.24, 2.45) is 5.10 Å². The normalized spacial score (nSPS) is 11.3. The fraction of sp³-hybridized carbons (Fsp3) is 0.0952. The number of carbonyl (C=O) groups is 1. The van der Waals surface area contributed by atoms with E-state index in [0.29, 0.717) is 5.56 Å². The molecule has 0 atom stereocenters. The van der Waals surface area contributed by atoms with E-state index in [1.807, 2.05) is 0 Å². The molecule has 3 aromatic rings. The first-order chi connectivity index (χ1) is 14.9. The van der Waals surface area contributed by atoms with Crippen molar-refractivity contribution < 1.29 is 23.1 Å². The quantitative estimate of drug-likeness (QED) is 0.409. The van der Waals surface area contributed by atoms with Gasteiger partial charge in [-0.2, -0.15) is 5.10 Å². The number of rotatable bonds is 8. The Balaban J connectivity index is 1.78. The number of hydrogen-bond donors (Lipinski definition) is 2. The zero-order chi connectivity index (χ0) is 22.3. The second-order valence-electron chi connectivity index (χ2n) is 6.24. The van der Waals surface area contributed by atoms with Gasteiger partial charge in [0.15, 0.2) is 11.5 Å². The van der Waals surface area contributed by atoms with Crippen LogP contribution >= 0.6 is 0 Å². The maximum Gasteiger partial charge on any atom is 0.265 e. The van der Waals surface area contributed by atoms with Crippen LogP contribution < -0.4 is 14.5 Å². The lowest BCUT2D eigenvalue weighted by Gasteiger charge is -2.22. The van der Waals surface area contributed by atoms with Gasteiger partial charge in [-0.1, -0.05) is 24.3 Å². The molecule has 0 saturated heterocycles. The number of sulfonamides is 1. The number of amides is 1. The maximum atomic E-state index is 13.1. The van der Waals surface area contributed by atoms with E-state index in [1.165, 1.54) is 49.9 Å². The van der Waals surface area contributed by atoms with Crippen LogP contribution in [0.5, 0.6) is 11.5 Å². The molecule has 1 aromatic heterocycles. The number of aromatic hydroxyl groups is 1. The molecule has 0 spiro atoms. The molecule has 3 rings (SSSR count). The number of methoxy groups -OCH3 is 1. The van der Waals surface area contributed by atoms with E-state index in [1.54, 1.807) is 36.4 Å². The molecule has 1 heterocycles. The molecule has 0 aliphatic heterocycles. The van der Waals surface area contributed by atoms with E-state index < -0.39 is 22.5 Å². The molecule has 9 nitrogen and oxygen atoms in total. The van der Waals surface area contributed by atoms with Gasteiger partial charge in [-0.05, 0) is 48.0 Å². The van der Waals surface area contributed by atoms with E-state index in [2.05, 4.69) is 15.5 Å². The Morgan fingerprint density at radius 1 is 1.16 bits per heavy atom. The van der Waals surface area contributed by atoms with Crippen molar-refractivity contribution in [3.05, 3.63) is 78.5 Å². The van der Waals surface area contributed by atoms with Crippen LogP contribution in [0.15, 0.2) is 82.9 Å². The topological polar surface area (TPSA) is 121 Å².